The summed E-state index contributed by atoms with van der Waals surface area (Å²) in [4.78, 5) is 61.6. The number of rotatable bonds is 6. The summed E-state index contributed by atoms with van der Waals surface area (Å²) in [6.45, 7) is 0. The van der Waals surface area contributed by atoms with Crippen LogP contribution < -0.4 is 0 Å². The van der Waals surface area contributed by atoms with Gasteiger partial charge in [0.15, 0.2) is 0 Å². The van der Waals surface area contributed by atoms with Crippen molar-refractivity contribution in [2.75, 3.05) is 0 Å². The van der Waals surface area contributed by atoms with Crippen LogP contribution in [0.5, 0.6) is 0 Å². The van der Waals surface area contributed by atoms with E-state index in [2.05, 4.69) is 0 Å². The highest BCUT2D eigenvalue weighted by atomic mass is 16.4. The molecular formula is C12H12O12. The smallest absolute Gasteiger partial charge is 0.308 e. The maximum Gasteiger partial charge on any atom is 0.308 e. The van der Waals surface area contributed by atoms with Crippen LogP contribution in [0.2, 0.25) is 0 Å². The van der Waals surface area contributed by atoms with Gasteiger partial charge in [-0.25, -0.2) is 0 Å². The van der Waals surface area contributed by atoms with Crippen LogP contribution in [0.3, 0.4) is 0 Å². The molecule has 6 N–H and O–H groups in total. The molecule has 0 atom stereocenters. The van der Waals surface area contributed by atoms with Gasteiger partial charge in [0.25, 0.3) is 0 Å². The molecule has 12 heteroatoms. The number of hydrogen-bond donors (Lipinski definition) is 6. The molecule has 0 unspecified atom stereocenters. The molecule has 0 saturated heterocycles. The van der Waals surface area contributed by atoms with E-state index in [0.717, 1.165) is 0 Å². The average Bonchev–Trinajstić information content (AvgIpc) is 3.29. The van der Waals surface area contributed by atoms with Gasteiger partial charge in [-0.2, -0.15) is 0 Å². The van der Waals surface area contributed by atoms with Gasteiger partial charge in [-0.3, -0.25) is 28.8 Å². The SMILES string of the molecule is O=C(O)C1C(C(=O)O)C1C(=O)O.O=C(O)C1C(C(=O)O)C1C(=O)O. The van der Waals surface area contributed by atoms with Gasteiger partial charge in [0.1, 0.15) is 0 Å². The second-order valence-electron chi connectivity index (χ2n) is 5.18. The van der Waals surface area contributed by atoms with Crippen LogP contribution >= 0.6 is 0 Å². The van der Waals surface area contributed by atoms with Crippen LogP contribution in [0.1, 0.15) is 0 Å². The zero-order chi connectivity index (χ0) is 18.9. The van der Waals surface area contributed by atoms with E-state index in [1.54, 1.807) is 0 Å². The van der Waals surface area contributed by atoms with Crippen molar-refractivity contribution in [1.82, 2.24) is 0 Å². The summed E-state index contributed by atoms with van der Waals surface area (Å²) >= 11 is 0. The second-order valence-corrected chi connectivity index (χ2v) is 5.18. The third-order valence-electron chi connectivity index (χ3n) is 3.75. The number of hydrogen-bond acceptors (Lipinski definition) is 6. The molecule has 2 saturated carbocycles. The van der Waals surface area contributed by atoms with Crippen LogP contribution in [-0.4, -0.2) is 66.5 Å². The number of carboxylic acid groups (broad SMARTS) is 6. The van der Waals surface area contributed by atoms with Crippen molar-refractivity contribution >= 4 is 35.8 Å². The van der Waals surface area contributed by atoms with E-state index in [1.165, 1.54) is 0 Å². The normalized spacial score (nSPS) is 32.5. The Hall–Kier alpha value is -3.18. The molecule has 0 aliphatic heterocycles. The molecule has 0 aromatic heterocycles. The van der Waals surface area contributed by atoms with E-state index in [-0.39, 0.29) is 0 Å². The minimum absolute atomic E-state index is 1.26. The summed E-state index contributed by atoms with van der Waals surface area (Å²) < 4.78 is 0. The maximum absolute atomic E-state index is 10.3. The van der Waals surface area contributed by atoms with Crippen molar-refractivity contribution in [2.45, 2.75) is 0 Å². The van der Waals surface area contributed by atoms with Crippen molar-refractivity contribution in [3.63, 3.8) is 0 Å². The Morgan fingerprint density at radius 3 is 0.458 bits per heavy atom. The van der Waals surface area contributed by atoms with Crippen molar-refractivity contribution in [3.05, 3.63) is 0 Å². The second kappa shape index (κ2) is 6.52. The monoisotopic (exact) mass is 348 g/mol. The summed E-state index contributed by atoms with van der Waals surface area (Å²) in [6, 6.07) is 0. The lowest BCUT2D eigenvalue weighted by atomic mass is 10.3. The van der Waals surface area contributed by atoms with Gasteiger partial charge in [0, 0.05) is 0 Å². The summed E-state index contributed by atoms with van der Waals surface area (Å²) in [5, 5.41) is 50.2. The van der Waals surface area contributed by atoms with Crippen molar-refractivity contribution < 1.29 is 59.4 Å². The Bertz CT molecular complexity index is 470. The lowest BCUT2D eigenvalue weighted by molar-refractivity contribution is -0.144. The van der Waals surface area contributed by atoms with Crippen molar-refractivity contribution in [1.29, 1.82) is 0 Å². The number of carbonyl (C=O) groups is 6. The predicted molar refractivity (Wildman–Crippen MR) is 66.8 cm³/mol. The third kappa shape index (κ3) is 3.59. The summed E-state index contributed by atoms with van der Waals surface area (Å²) in [6.07, 6.45) is 0. The Kier molecular flexibility index (Phi) is 5.12. The minimum atomic E-state index is -1.37. The maximum atomic E-state index is 10.3. The molecule has 2 rings (SSSR count). The van der Waals surface area contributed by atoms with Gasteiger partial charge >= 0.3 is 35.8 Å². The Morgan fingerprint density at radius 1 is 0.333 bits per heavy atom. The Labute approximate surface area is 131 Å². The van der Waals surface area contributed by atoms with Crippen LogP contribution in [0.4, 0.5) is 0 Å². The molecule has 0 bridgehead atoms. The average molecular weight is 348 g/mol. The highest BCUT2D eigenvalue weighted by molar-refractivity contribution is 5.96. The van der Waals surface area contributed by atoms with Crippen LogP contribution in [0, 0.1) is 35.5 Å². The van der Waals surface area contributed by atoms with Gasteiger partial charge in [-0.15, -0.1) is 0 Å². The largest absolute Gasteiger partial charge is 0.481 e. The lowest BCUT2D eigenvalue weighted by Gasteiger charge is -1.83. The molecule has 2 aliphatic rings. The van der Waals surface area contributed by atoms with Gasteiger partial charge in [-0.05, 0) is 0 Å². The van der Waals surface area contributed by atoms with Gasteiger partial charge in [0.2, 0.25) is 0 Å². The number of carboxylic acids is 6. The molecule has 0 amide bonds. The van der Waals surface area contributed by atoms with Crippen LogP contribution in [0.15, 0.2) is 0 Å². The fraction of sp³-hybridized carbons (Fsp3) is 0.500. The minimum Gasteiger partial charge on any atom is -0.481 e. The first-order chi connectivity index (χ1) is 10.9. The standard InChI is InChI=1S/2C6H6O6/c2*7-4(8)1-2(5(9)10)3(1)6(11)12/h2*1-3H,(H,7,8)(H,9,10)(H,11,12). The number of aliphatic carboxylic acids is 6. The zero-order valence-corrected chi connectivity index (χ0v) is 11.6. The first-order valence-corrected chi connectivity index (χ1v) is 6.30. The van der Waals surface area contributed by atoms with E-state index in [0.29, 0.717) is 0 Å². The van der Waals surface area contributed by atoms with E-state index in [4.69, 9.17) is 30.6 Å². The molecule has 0 spiro atoms. The molecule has 24 heavy (non-hydrogen) atoms. The molecular weight excluding hydrogens is 336 g/mol. The molecule has 0 radical (unpaired) electrons. The fourth-order valence-electron chi connectivity index (χ4n) is 2.47. The summed E-state index contributed by atoms with van der Waals surface area (Å²) in [7, 11) is 0. The molecule has 132 valence electrons. The molecule has 0 heterocycles. The first kappa shape index (κ1) is 18.9. The quantitative estimate of drug-likeness (QED) is 0.313. The first-order valence-electron chi connectivity index (χ1n) is 6.30. The van der Waals surface area contributed by atoms with E-state index < -0.39 is 71.3 Å². The fourth-order valence-corrected chi connectivity index (χ4v) is 2.47. The van der Waals surface area contributed by atoms with Crippen LogP contribution in [0.25, 0.3) is 0 Å². The topological polar surface area (TPSA) is 224 Å². The highest BCUT2D eigenvalue weighted by Gasteiger charge is 2.64. The lowest BCUT2D eigenvalue weighted by Crippen LogP contribution is -2.05. The molecule has 2 aliphatic carbocycles. The van der Waals surface area contributed by atoms with Gasteiger partial charge in [0.05, 0.1) is 35.5 Å². The molecule has 0 aromatic rings. The van der Waals surface area contributed by atoms with Crippen molar-refractivity contribution in [3.8, 4) is 0 Å². The van der Waals surface area contributed by atoms with E-state index in [1.807, 2.05) is 0 Å². The van der Waals surface area contributed by atoms with E-state index in [9.17, 15) is 28.8 Å². The van der Waals surface area contributed by atoms with Crippen molar-refractivity contribution in [2.24, 2.45) is 35.5 Å². The summed E-state index contributed by atoms with van der Waals surface area (Å²) in [5.74, 6) is -15.8. The van der Waals surface area contributed by atoms with Gasteiger partial charge < -0.3 is 30.6 Å². The van der Waals surface area contributed by atoms with Gasteiger partial charge in [-0.1, -0.05) is 0 Å². The van der Waals surface area contributed by atoms with Crippen LogP contribution in [-0.2, 0) is 28.8 Å². The van der Waals surface area contributed by atoms with E-state index >= 15 is 0 Å². The molecule has 0 aromatic carbocycles. The Balaban J connectivity index is 0.000000240. The Morgan fingerprint density at radius 2 is 0.417 bits per heavy atom. The summed E-state index contributed by atoms with van der Waals surface area (Å²) in [5.41, 5.74) is 0. The predicted octanol–water partition coefficient (Wildman–Crippen LogP) is -1.80. The third-order valence-corrected chi connectivity index (χ3v) is 3.75. The zero-order valence-electron chi connectivity index (χ0n) is 11.6. The molecule has 12 nitrogen and oxygen atoms in total. The molecule has 2 fully saturated rings. The highest BCUT2D eigenvalue weighted by Crippen LogP contribution is 2.47.